The second-order valence-electron chi connectivity index (χ2n) is 4.14. The van der Waals surface area contributed by atoms with Gasteiger partial charge in [0.25, 0.3) is 0 Å². The SMILES string of the molecule is O=[N+]([O-])c1cc(CNCc2ccccc2OC(F)F)cs1. The van der Waals surface area contributed by atoms with Gasteiger partial charge in [-0.2, -0.15) is 8.78 Å². The van der Waals surface area contributed by atoms with E-state index in [0.717, 1.165) is 16.9 Å². The van der Waals surface area contributed by atoms with Gasteiger partial charge in [0, 0.05) is 30.1 Å². The van der Waals surface area contributed by atoms with E-state index in [1.807, 2.05) is 0 Å². The van der Waals surface area contributed by atoms with Crippen molar-refractivity contribution in [3.8, 4) is 5.75 Å². The number of halogens is 2. The highest BCUT2D eigenvalue weighted by molar-refractivity contribution is 7.13. The Labute approximate surface area is 123 Å². The molecule has 112 valence electrons. The maximum atomic E-state index is 12.3. The Kier molecular flexibility index (Phi) is 5.18. The minimum Gasteiger partial charge on any atom is -0.434 e. The van der Waals surface area contributed by atoms with Crippen molar-refractivity contribution >= 4 is 16.3 Å². The van der Waals surface area contributed by atoms with Crippen LogP contribution in [0.4, 0.5) is 13.8 Å². The fourth-order valence-electron chi connectivity index (χ4n) is 1.75. The number of rotatable bonds is 7. The van der Waals surface area contributed by atoms with Crippen LogP contribution < -0.4 is 10.1 Å². The van der Waals surface area contributed by atoms with Crippen molar-refractivity contribution in [2.24, 2.45) is 0 Å². The van der Waals surface area contributed by atoms with Gasteiger partial charge in [0.2, 0.25) is 0 Å². The van der Waals surface area contributed by atoms with Gasteiger partial charge in [-0.05, 0) is 11.6 Å². The number of nitrogens with zero attached hydrogens (tertiary/aromatic N) is 1. The summed E-state index contributed by atoms with van der Waals surface area (Å²) >= 11 is 1.05. The molecule has 0 bridgehead atoms. The summed E-state index contributed by atoms with van der Waals surface area (Å²) < 4.78 is 28.9. The Bertz CT molecular complexity index is 619. The molecule has 1 aromatic carbocycles. The molecule has 2 aromatic rings. The van der Waals surface area contributed by atoms with Gasteiger partial charge < -0.3 is 10.1 Å². The molecular weight excluding hydrogens is 302 g/mol. The van der Waals surface area contributed by atoms with Gasteiger partial charge in [0.05, 0.1) is 4.92 Å². The molecule has 0 atom stereocenters. The molecule has 2 rings (SSSR count). The molecule has 0 spiro atoms. The first-order valence-electron chi connectivity index (χ1n) is 6.01. The van der Waals surface area contributed by atoms with Gasteiger partial charge >= 0.3 is 11.6 Å². The van der Waals surface area contributed by atoms with Crippen LogP contribution in [0.1, 0.15) is 11.1 Å². The van der Waals surface area contributed by atoms with Gasteiger partial charge in [-0.25, -0.2) is 0 Å². The van der Waals surface area contributed by atoms with Crippen LogP contribution in [-0.2, 0) is 13.1 Å². The Morgan fingerprint density at radius 2 is 2.10 bits per heavy atom. The lowest BCUT2D eigenvalue weighted by atomic mass is 10.2. The van der Waals surface area contributed by atoms with Gasteiger partial charge in [-0.3, -0.25) is 10.1 Å². The summed E-state index contributed by atoms with van der Waals surface area (Å²) in [5, 5.41) is 15.4. The Morgan fingerprint density at radius 3 is 2.76 bits per heavy atom. The second kappa shape index (κ2) is 7.09. The number of nitro groups is 1. The lowest BCUT2D eigenvalue weighted by molar-refractivity contribution is -0.380. The van der Waals surface area contributed by atoms with Crippen LogP contribution in [0, 0.1) is 10.1 Å². The predicted octanol–water partition coefficient (Wildman–Crippen LogP) is 3.55. The summed E-state index contributed by atoms with van der Waals surface area (Å²) in [6.45, 7) is -2.13. The topological polar surface area (TPSA) is 64.4 Å². The van der Waals surface area contributed by atoms with Crippen molar-refractivity contribution in [3.05, 3.63) is 57.0 Å². The number of thiophene rings is 1. The average Bonchev–Trinajstić information content (AvgIpc) is 2.89. The molecule has 0 amide bonds. The lowest BCUT2D eigenvalue weighted by Crippen LogP contribution is -2.14. The van der Waals surface area contributed by atoms with Crippen LogP contribution in [0.15, 0.2) is 35.7 Å². The molecule has 1 heterocycles. The third-order valence-electron chi connectivity index (χ3n) is 2.65. The van der Waals surface area contributed by atoms with Crippen LogP contribution in [0.25, 0.3) is 0 Å². The first kappa shape index (κ1) is 15.3. The summed E-state index contributed by atoms with van der Waals surface area (Å²) in [6.07, 6.45) is 0. The van der Waals surface area contributed by atoms with Crippen LogP contribution in [0.5, 0.6) is 5.75 Å². The predicted molar refractivity (Wildman–Crippen MR) is 74.6 cm³/mol. The molecule has 0 fully saturated rings. The minimum absolute atomic E-state index is 0.0771. The average molecular weight is 314 g/mol. The van der Waals surface area contributed by atoms with E-state index in [9.17, 15) is 18.9 Å². The van der Waals surface area contributed by atoms with Crippen LogP contribution >= 0.6 is 11.3 Å². The van der Waals surface area contributed by atoms with Crippen molar-refractivity contribution in [1.29, 1.82) is 0 Å². The molecule has 0 radical (unpaired) electrons. The number of hydrogen-bond acceptors (Lipinski definition) is 5. The highest BCUT2D eigenvalue weighted by Crippen LogP contribution is 2.23. The standard InChI is InChI=1S/C13H12F2N2O3S/c14-13(15)20-11-4-2-1-3-10(11)7-16-6-9-5-12(17(18)19)21-8-9/h1-5,8,13,16H,6-7H2. The Hall–Kier alpha value is -2.06. The van der Waals surface area contributed by atoms with Gasteiger partial charge in [-0.15, -0.1) is 0 Å². The van der Waals surface area contributed by atoms with E-state index in [-0.39, 0.29) is 10.8 Å². The lowest BCUT2D eigenvalue weighted by Gasteiger charge is -2.10. The van der Waals surface area contributed by atoms with Gasteiger partial charge in [-0.1, -0.05) is 29.5 Å². The zero-order valence-corrected chi connectivity index (χ0v) is 11.6. The number of benzene rings is 1. The normalized spacial score (nSPS) is 10.8. The summed E-state index contributed by atoms with van der Waals surface area (Å²) in [5.74, 6) is 0.122. The monoisotopic (exact) mass is 314 g/mol. The summed E-state index contributed by atoms with van der Waals surface area (Å²) in [7, 11) is 0. The quantitative estimate of drug-likeness (QED) is 0.627. The van der Waals surface area contributed by atoms with E-state index in [4.69, 9.17) is 0 Å². The van der Waals surface area contributed by atoms with E-state index in [1.54, 1.807) is 23.6 Å². The molecule has 0 saturated carbocycles. The fraction of sp³-hybridized carbons (Fsp3) is 0.231. The third kappa shape index (κ3) is 4.47. The van der Waals surface area contributed by atoms with Gasteiger partial charge in [0.15, 0.2) is 0 Å². The fourth-order valence-corrected chi connectivity index (χ4v) is 2.48. The molecular formula is C13H12F2N2O3S. The summed E-state index contributed by atoms with van der Waals surface area (Å²) in [5.41, 5.74) is 1.38. The van der Waals surface area contributed by atoms with E-state index < -0.39 is 11.5 Å². The van der Waals surface area contributed by atoms with E-state index in [2.05, 4.69) is 10.1 Å². The number of alkyl halides is 2. The molecule has 0 aliphatic rings. The zero-order chi connectivity index (χ0) is 15.2. The maximum absolute atomic E-state index is 12.3. The highest BCUT2D eigenvalue weighted by Gasteiger charge is 2.11. The molecule has 0 aliphatic carbocycles. The van der Waals surface area contributed by atoms with E-state index in [1.165, 1.54) is 12.1 Å². The zero-order valence-electron chi connectivity index (χ0n) is 10.8. The minimum atomic E-state index is -2.87. The maximum Gasteiger partial charge on any atom is 0.387 e. The Balaban J connectivity index is 1.92. The van der Waals surface area contributed by atoms with Gasteiger partial charge in [0.1, 0.15) is 5.75 Å². The van der Waals surface area contributed by atoms with Crippen LogP contribution in [0.2, 0.25) is 0 Å². The summed E-state index contributed by atoms with van der Waals surface area (Å²) in [6, 6.07) is 7.98. The van der Waals surface area contributed by atoms with Crippen molar-refractivity contribution in [1.82, 2.24) is 5.32 Å². The van der Waals surface area contributed by atoms with Crippen molar-refractivity contribution in [2.45, 2.75) is 19.7 Å². The van der Waals surface area contributed by atoms with Crippen molar-refractivity contribution < 1.29 is 18.4 Å². The van der Waals surface area contributed by atoms with Crippen LogP contribution in [0.3, 0.4) is 0 Å². The third-order valence-corrected chi connectivity index (χ3v) is 3.58. The molecule has 1 N–H and O–H groups in total. The molecule has 5 nitrogen and oxygen atoms in total. The molecule has 0 aliphatic heterocycles. The smallest absolute Gasteiger partial charge is 0.387 e. The number of nitrogens with one attached hydrogen (secondary N) is 1. The highest BCUT2D eigenvalue weighted by atomic mass is 32.1. The summed E-state index contributed by atoms with van der Waals surface area (Å²) in [4.78, 5) is 10.1. The number of para-hydroxylation sites is 1. The molecule has 0 saturated heterocycles. The van der Waals surface area contributed by atoms with Crippen molar-refractivity contribution in [3.63, 3.8) is 0 Å². The van der Waals surface area contributed by atoms with Crippen LogP contribution in [-0.4, -0.2) is 11.5 Å². The first-order chi connectivity index (χ1) is 10.1. The molecule has 0 unspecified atom stereocenters. The van der Waals surface area contributed by atoms with E-state index >= 15 is 0 Å². The first-order valence-corrected chi connectivity index (χ1v) is 6.89. The Morgan fingerprint density at radius 1 is 1.33 bits per heavy atom. The molecule has 8 heteroatoms. The number of hydrogen-bond donors (Lipinski definition) is 1. The molecule has 21 heavy (non-hydrogen) atoms. The second-order valence-corrected chi connectivity index (χ2v) is 5.03. The number of ether oxygens (including phenoxy) is 1. The van der Waals surface area contributed by atoms with Crippen molar-refractivity contribution in [2.75, 3.05) is 0 Å². The van der Waals surface area contributed by atoms with E-state index in [0.29, 0.717) is 18.7 Å². The molecule has 1 aromatic heterocycles. The largest absolute Gasteiger partial charge is 0.434 e.